The lowest BCUT2D eigenvalue weighted by molar-refractivity contribution is 0.0975. The molecule has 0 saturated heterocycles. The molecular formula is C114H134O4S10. The smallest absolute Gasteiger partial charge is 0.197 e. The van der Waals surface area contributed by atoms with Gasteiger partial charge in [-0.25, -0.2) is 0 Å². The molecule has 3 aromatic carbocycles. The molecule has 2 aliphatic carbocycles. The summed E-state index contributed by atoms with van der Waals surface area (Å²) in [6, 6.07) is 45.2. The molecule has 2 unspecified atom stereocenters. The summed E-state index contributed by atoms with van der Waals surface area (Å²) in [5.74, 6) is 0.656. The molecule has 0 spiro atoms. The maximum atomic E-state index is 14.0. The summed E-state index contributed by atoms with van der Waals surface area (Å²) >= 11 is 20.0. The van der Waals surface area contributed by atoms with Crippen molar-refractivity contribution in [1.82, 2.24) is 0 Å². The Kier molecular flexibility index (Phi) is 35.1. The lowest BCUT2D eigenvalue weighted by Crippen LogP contribution is -2.01. The average molecular weight is 1890 g/mol. The van der Waals surface area contributed by atoms with Crippen LogP contribution in [0.1, 0.15) is 369 Å². The molecule has 15 rings (SSSR count). The molecule has 10 heterocycles. The number of benzene rings is 3. The molecule has 0 aliphatic heterocycles. The Morgan fingerprint density at radius 3 is 0.797 bits per heavy atom. The van der Waals surface area contributed by atoms with Crippen LogP contribution in [0.4, 0.5) is 0 Å². The molecule has 0 N–H and O–H groups in total. The van der Waals surface area contributed by atoms with E-state index in [9.17, 15) is 19.2 Å². The summed E-state index contributed by atoms with van der Waals surface area (Å²) in [7, 11) is 0. The molecule has 0 radical (unpaired) electrons. The van der Waals surface area contributed by atoms with Crippen LogP contribution in [0.3, 0.4) is 0 Å². The minimum absolute atomic E-state index is 0.163. The highest BCUT2D eigenvalue weighted by molar-refractivity contribution is 7.32. The third-order valence-electron chi connectivity index (χ3n) is 26.8. The standard InChI is InChI=1S/C114H134O4S10/c1-11-21-29-35-47-75-63-83(69-91-103(115)85-53-41-42-54-86(85)104(91)116)121-107(75)95-65-77(49-37-31-23-13-3)109(123-95)97-67-79(51-39-33-25-15-5)111(125-97)99-71-89-101(93-59-57-81(119-93)61-73(19-9)45-27-17-7)114-90(102(113(89)127-99)94-60-58-82(120-94)62-74(20-10)46-28-18-8)72-100(128-114)112-80(52-40-34-26-16-6)68-98(126-112)110-78(50-38-32-24-14-4)66-96(124-110)108-76(48-36-30-22-12-2)64-84(122-108)70-92-105(117)87-55-43-44-56-88(87)106(92)118/h41-44,53-60,63-74H,11-40,45-52,61-62H2,1-10H3. The maximum absolute atomic E-state index is 14.0. The Morgan fingerprint density at radius 2 is 0.523 bits per heavy atom. The van der Waals surface area contributed by atoms with Crippen LogP contribution in [0.2, 0.25) is 0 Å². The van der Waals surface area contributed by atoms with Gasteiger partial charge in [-0.1, -0.05) is 285 Å². The van der Waals surface area contributed by atoms with E-state index in [2.05, 4.69) is 210 Å². The van der Waals surface area contributed by atoms with Crippen LogP contribution in [-0.4, -0.2) is 23.1 Å². The summed E-state index contributed by atoms with van der Waals surface area (Å²) in [5.41, 5.74) is 14.0. The molecule has 4 nitrogen and oxygen atoms in total. The van der Waals surface area contributed by atoms with Gasteiger partial charge >= 0.3 is 0 Å². The number of unbranched alkanes of at least 4 members (excludes halogenated alkanes) is 20. The SMILES string of the molecule is CCCCCCc1cc(C=C2C(=O)c3ccccc3C2=O)sc1-c1cc(CCCCCC)c(-c2cc(CCCCCC)c(-c3cc4c(-c5ccc(CC(CC)CCCC)s5)c5sc(-c6sc(-c7sc(-c8sc(C=C9C(=O)c%10ccccc%10C9=O)cc8CCCCCC)cc7CCCCCC)cc6CCCCCC)cc5c(-c5ccc(CC(CC)CCCC)s5)c4s3)s2)s1. The fourth-order valence-corrected chi connectivity index (χ4v) is 32.2. The number of hydrogen-bond donors (Lipinski definition) is 0. The van der Waals surface area contributed by atoms with Crippen LogP contribution >= 0.6 is 113 Å². The average Bonchev–Trinajstić information content (AvgIpc) is 1.56. The van der Waals surface area contributed by atoms with Crippen LogP contribution in [0, 0.1) is 11.8 Å². The number of fused-ring (bicyclic) bond motifs is 4. The number of rotatable bonds is 52. The van der Waals surface area contributed by atoms with Crippen molar-refractivity contribution in [3.8, 4) is 79.4 Å². The van der Waals surface area contributed by atoms with E-state index in [1.807, 2.05) is 59.1 Å². The number of ketones is 4. The van der Waals surface area contributed by atoms with Gasteiger partial charge in [-0.15, -0.1) is 113 Å². The molecule has 10 aromatic heterocycles. The maximum Gasteiger partial charge on any atom is 0.197 e. The molecule has 0 bridgehead atoms. The van der Waals surface area contributed by atoms with Gasteiger partial charge in [0.2, 0.25) is 0 Å². The van der Waals surface area contributed by atoms with Gasteiger partial charge in [-0.05, 0) is 220 Å². The van der Waals surface area contributed by atoms with E-state index in [1.54, 1.807) is 46.9 Å². The fraction of sp³-hybridized carbons (Fsp3) is 0.456. The quantitative estimate of drug-likeness (QED) is 0.0216. The van der Waals surface area contributed by atoms with Gasteiger partial charge in [-0.3, -0.25) is 19.2 Å². The summed E-state index contributed by atoms with van der Waals surface area (Å²) in [5, 5.41) is 2.79. The number of aryl methyl sites for hydroxylation is 6. The Bertz CT molecular complexity index is 5520. The van der Waals surface area contributed by atoms with Crippen molar-refractivity contribution in [1.29, 1.82) is 0 Å². The lowest BCUT2D eigenvalue weighted by Gasteiger charge is -2.13. The van der Waals surface area contributed by atoms with Crippen molar-refractivity contribution in [3.05, 3.63) is 208 Å². The highest BCUT2D eigenvalue weighted by Crippen LogP contribution is 2.59. The van der Waals surface area contributed by atoms with E-state index < -0.39 is 0 Å². The summed E-state index contributed by atoms with van der Waals surface area (Å²) in [6.07, 6.45) is 50.5. The third kappa shape index (κ3) is 22.4. The van der Waals surface area contributed by atoms with Gasteiger partial charge in [0, 0.05) is 141 Å². The van der Waals surface area contributed by atoms with Crippen LogP contribution in [-0.2, 0) is 51.4 Å². The van der Waals surface area contributed by atoms with Crippen molar-refractivity contribution < 1.29 is 19.2 Å². The molecule has 14 heteroatoms. The summed E-state index contributed by atoms with van der Waals surface area (Å²) in [6.45, 7) is 23.4. The van der Waals surface area contributed by atoms with Crippen molar-refractivity contribution >= 4 is 169 Å². The van der Waals surface area contributed by atoms with E-state index in [0.717, 1.165) is 99.6 Å². The van der Waals surface area contributed by atoms with Crippen LogP contribution in [0.15, 0.2) is 132 Å². The number of carbonyl (C=O) groups is 4. The van der Waals surface area contributed by atoms with Gasteiger partial charge < -0.3 is 0 Å². The van der Waals surface area contributed by atoms with Gasteiger partial charge in [0.25, 0.3) is 0 Å². The van der Waals surface area contributed by atoms with Crippen molar-refractivity contribution in [2.24, 2.45) is 11.8 Å². The van der Waals surface area contributed by atoms with Gasteiger partial charge in [-0.2, -0.15) is 0 Å². The minimum Gasteiger partial charge on any atom is -0.288 e. The first-order valence-electron chi connectivity index (χ1n) is 49.5. The largest absolute Gasteiger partial charge is 0.288 e. The van der Waals surface area contributed by atoms with E-state index in [4.69, 9.17) is 0 Å². The fourth-order valence-electron chi connectivity index (χ4n) is 19.3. The van der Waals surface area contributed by atoms with Crippen molar-refractivity contribution in [3.63, 3.8) is 0 Å². The third-order valence-corrected chi connectivity index (χ3v) is 39.3. The predicted molar refractivity (Wildman–Crippen MR) is 571 cm³/mol. The van der Waals surface area contributed by atoms with Crippen LogP contribution in [0.25, 0.3) is 112 Å². The zero-order valence-electron chi connectivity index (χ0n) is 77.9. The van der Waals surface area contributed by atoms with Gasteiger partial charge in [0.1, 0.15) is 0 Å². The first-order valence-corrected chi connectivity index (χ1v) is 57.7. The lowest BCUT2D eigenvalue weighted by atomic mass is 9.95. The Hall–Kier alpha value is -6.66. The number of carbonyl (C=O) groups excluding carboxylic acids is 4. The monoisotopic (exact) mass is 1890 g/mol. The molecule has 674 valence electrons. The highest BCUT2D eigenvalue weighted by atomic mass is 32.1. The first kappa shape index (κ1) is 95.9. The number of thiophene rings is 10. The van der Waals surface area contributed by atoms with E-state index in [-0.39, 0.29) is 34.3 Å². The topological polar surface area (TPSA) is 68.3 Å². The molecule has 2 atom stereocenters. The Balaban J connectivity index is 0.915. The van der Waals surface area contributed by atoms with Gasteiger partial charge in [0.15, 0.2) is 23.1 Å². The van der Waals surface area contributed by atoms with E-state index >= 15 is 0 Å². The number of hydrogen-bond acceptors (Lipinski definition) is 14. The normalized spacial score (nSPS) is 13.4. The minimum atomic E-state index is -0.163. The van der Waals surface area contributed by atoms with Crippen LogP contribution in [0.5, 0.6) is 0 Å². The van der Waals surface area contributed by atoms with Crippen molar-refractivity contribution in [2.75, 3.05) is 0 Å². The molecule has 0 saturated carbocycles. The van der Waals surface area contributed by atoms with E-state index in [1.165, 1.54) is 310 Å². The molecule has 13 aromatic rings. The first-order chi connectivity index (χ1) is 62.7. The zero-order valence-corrected chi connectivity index (χ0v) is 86.0. The zero-order chi connectivity index (χ0) is 89.2. The summed E-state index contributed by atoms with van der Waals surface area (Å²) in [4.78, 5) is 80.3. The van der Waals surface area contributed by atoms with E-state index in [0.29, 0.717) is 34.1 Å². The Labute approximate surface area is 805 Å². The molecule has 0 fully saturated rings. The molecule has 128 heavy (non-hydrogen) atoms. The number of allylic oxidation sites excluding steroid dienone is 2. The molecule has 0 amide bonds. The highest BCUT2D eigenvalue weighted by Gasteiger charge is 2.36. The van der Waals surface area contributed by atoms with Crippen molar-refractivity contribution in [2.45, 2.75) is 326 Å². The van der Waals surface area contributed by atoms with Gasteiger partial charge in [0.05, 0.1) is 11.1 Å². The number of Topliss-reactive ketones (excluding diaryl/α,β-unsaturated/α-hetero) is 4. The second kappa shape index (κ2) is 46.8. The molecule has 2 aliphatic rings. The second-order valence-electron chi connectivity index (χ2n) is 36.5. The Morgan fingerprint density at radius 1 is 0.258 bits per heavy atom. The summed E-state index contributed by atoms with van der Waals surface area (Å²) < 4.78 is 2.83. The van der Waals surface area contributed by atoms with Crippen LogP contribution < -0.4 is 0 Å². The molecular weight excluding hydrogens is 1750 g/mol. The second-order valence-corrected chi connectivity index (χ2v) is 47.3. The predicted octanol–water partition coefficient (Wildman–Crippen LogP) is 39.1.